The van der Waals surface area contributed by atoms with Crippen LogP contribution < -0.4 is 5.32 Å². The highest BCUT2D eigenvalue weighted by Crippen LogP contribution is 2.23. The van der Waals surface area contributed by atoms with E-state index in [1.54, 1.807) is 0 Å². The minimum absolute atomic E-state index is 0.156. The van der Waals surface area contributed by atoms with Gasteiger partial charge in [-0.05, 0) is 70.6 Å². The number of hydrogen-bond donors (Lipinski definition) is 6. The zero-order chi connectivity index (χ0) is 38.1. The van der Waals surface area contributed by atoms with Gasteiger partial charge in [0.1, 0.15) is 24.4 Å². The lowest BCUT2D eigenvalue weighted by atomic mass is 9.99. The summed E-state index contributed by atoms with van der Waals surface area (Å²) in [5, 5.41) is 54.2. The van der Waals surface area contributed by atoms with Crippen molar-refractivity contribution < 1.29 is 39.8 Å². The van der Waals surface area contributed by atoms with Gasteiger partial charge < -0.3 is 40.3 Å². The van der Waals surface area contributed by atoms with E-state index in [1.165, 1.54) is 77.0 Å². The van der Waals surface area contributed by atoms with Crippen molar-refractivity contribution in [2.24, 2.45) is 0 Å². The molecule has 0 bridgehead atoms. The SMILES string of the molecule is CCCCC/C=C/C/C=C/CCCCCCCC(=O)N[C@@H](CO[C@H]1O[C@@H](CO)[C@H](O)C(O)C1O)[C@H](O)CCCC/C=C/CCCCCCCCCC. The average Bonchev–Trinajstić information content (AvgIpc) is 3.14. The Morgan fingerprint density at radius 2 is 1.13 bits per heavy atom. The van der Waals surface area contributed by atoms with E-state index in [4.69, 9.17) is 9.47 Å². The maximum atomic E-state index is 12.9. The van der Waals surface area contributed by atoms with E-state index in [1.807, 2.05) is 0 Å². The minimum Gasteiger partial charge on any atom is -0.394 e. The Morgan fingerprint density at radius 3 is 1.71 bits per heavy atom. The lowest BCUT2D eigenvalue weighted by Gasteiger charge is -2.40. The summed E-state index contributed by atoms with van der Waals surface area (Å²) in [5.74, 6) is -0.170. The van der Waals surface area contributed by atoms with Gasteiger partial charge in [-0.25, -0.2) is 0 Å². The van der Waals surface area contributed by atoms with Crippen LogP contribution in [-0.4, -0.2) is 87.5 Å². The molecule has 9 nitrogen and oxygen atoms in total. The fourth-order valence-corrected chi connectivity index (χ4v) is 6.48. The number of carbonyl (C=O) groups excluding carboxylic acids is 1. The summed E-state index contributed by atoms with van der Waals surface area (Å²) in [5.41, 5.74) is 0. The molecular weight excluding hydrogens is 658 g/mol. The topological polar surface area (TPSA) is 149 Å². The number of allylic oxidation sites excluding steroid dienone is 6. The van der Waals surface area contributed by atoms with Crippen LogP contribution in [0.2, 0.25) is 0 Å². The molecule has 0 aliphatic carbocycles. The Balaban J connectivity index is 2.42. The predicted octanol–water partition coefficient (Wildman–Crippen LogP) is 8.11. The zero-order valence-electron chi connectivity index (χ0n) is 33.1. The second-order valence-electron chi connectivity index (χ2n) is 14.8. The number of hydrogen-bond acceptors (Lipinski definition) is 8. The Labute approximate surface area is 317 Å². The summed E-state index contributed by atoms with van der Waals surface area (Å²) in [7, 11) is 0. The Morgan fingerprint density at radius 1 is 0.654 bits per heavy atom. The fourth-order valence-electron chi connectivity index (χ4n) is 6.48. The van der Waals surface area contributed by atoms with Gasteiger partial charge in [0, 0.05) is 6.42 Å². The third-order valence-corrected chi connectivity index (χ3v) is 9.97. The van der Waals surface area contributed by atoms with Crippen LogP contribution in [0.3, 0.4) is 0 Å². The van der Waals surface area contributed by atoms with Crippen molar-refractivity contribution in [1.29, 1.82) is 0 Å². The van der Waals surface area contributed by atoms with Gasteiger partial charge in [-0.3, -0.25) is 4.79 Å². The molecular formula is C43H79NO8. The van der Waals surface area contributed by atoms with Crippen molar-refractivity contribution in [3.05, 3.63) is 36.5 Å². The fraction of sp³-hybridized carbons (Fsp3) is 0.837. The summed E-state index contributed by atoms with van der Waals surface area (Å²) in [6, 6.07) is -0.740. The highest BCUT2D eigenvalue weighted by Gasteiger charge is 2.44. The van der Waals surface area contributed by atoms with E-state index in [0.717, 1.165) is 70.6 Å². The molecule has 9 heteroatoms. The normalized spacial score (nSPS) is 22.2. The molecule has 0 spiro atoms. The molecule has 0 saturated carbocycles. The third-order valence-electron chi connectivity index (χ3n) is 9.97. The van der Waals surface area contributed by atoms with E-state index in [9.17, 15) is 30.3 Å². The Bertz CT molecular complexity index is 910. The Kier molecular flexibility index (Phi) is 31.6. The number of rotatable bonds is 34. The highest BCUT2D eigenvalue weighted by atomic mass is 16.7. The minimum atomic E-state index is -1.56. The molecule has 52 heavy (non-hydrogen) atoms. The lowest BCUT2D eigenvalue weighted by molar-refractivity contribution is -0.302. The molecule has 1 aliphatic heterocycles. The van der Waals surface area contributed by atoms with Gasteiger partial charge in [0.15, 0.2) is 6.29 Å². The molecule has 1 amide bonds. The van der Waals surface area contributed by atoms with Crippen molar-refractivity contribution in [2.45, 2.75) is 217 Å². The smallest absolute Gasteiger partial charge is 0.220 e. The van der Waals surface area contributed by atoms with E-state index in [2.05, 4.69) is 55.6 Å². The van der Waals surface area contributed by atoms with Gasteiger partial charge in [0.05, 0.1) is 25.4 Å². The summed E-state index contributed by atoms with van der Waals surface area (Å²) in [6.07, 6.45) is 32.9. The number of aliphatic hydroxyl groups is 5. The molecule has 1 aliphatic rings. The van der Waals surface area contributed by atoms with E-state index in [-0.39, 0.29) is 12.5 Å². The lowest BCUT2D eigenvalue weighted by Crippen LogP contribution is -2.60. The molecule has 0 radical (unpaired) electrons. The van der Waals surface area contributed by atoms with E-state index in [0.29, 0.717) is 12.8 Å². The largest absolute Gasteiger partial charge is 0.394 e. The number of unbranched alkanes of at least 4 members (excludes halogenated alkanes) is 18. The molecule has 1 rings (SSSR count). The molecule has 0 aromatic heterocycles. The van der Waals surface area contributed by atoms with Crippen LogP contribution in [0.25, 0.3) is 0 Å². The van der Waals surface area contributed by atoms with Crippen LogP contribution in [-0.2, 0) is 14.3 Å². The quantitative estimate of drug-likeness (QED) is 0.0287. The highest BCUT2D eigenvalue weighted by molar-refractivity contribution is 5.76. The predicted molar refractivity (Wildman–Crippen MR) is 212 cm³/mol. The maximum absolute atomic E-state index is 12.9. The molecule has 0 aromatic carbocycles. The summed E-state index contributed by atoms with van der Waals surface area (Å²) >= 11 is 0. The van der Waals surface area contributed by atoms with Crippen molar-refractivity contribution in [3.8, 4) is 0 Å². The average molecular weight is 738 g/mol. The van der Waals surface area contributed by atoms with Crippen LogP contribution in [0, 0.1) is 0 Å². The monoisotopic (exact) mass is 738 g/mol. The number of ether oxygens (including phenoxy) is 2. The van der Waals surface area contributed by atoms with Gasteiger partial charge in [0.2, 0.25) is 5.91 Å². The number of nitrogens with one attached hydrogen (secondary N) is 1. The number of aliphatic hydroxyl groups excluding tert-OH is 5. The molecule has 0 aromatic rings. The first-order valence-corrected chi connectivity index (χ1v) is 21.2. The summed E-state index contributed by atoms with van der Waals surface area (Å²) < 4.78 is 11.2. The van der Waals surface area contributed by atoms with Gasteiger partial charge >= 0.3 is 0 Å². The molecule has 1 fully saturated rings. The first kappa shape index (κ1) is 48.4. The van der Waals surface area contributed by atoms with Gasteiger partial charge in [0.25, 0.3) is 0 Å². The van der Waals surface area contributed by atoms with Crippen LogP contribution in [0.4, 0.5) is 0 Å². The van der Waals surface area contributed by atoms with Gasteiger partial charge in [-0.2, -0.15) is 0 Å². The van der Waals surface area contributed by atoms with Crippen LogP contribution >= 0.6 is 0 Å². The first-order valence-electron chi connectivity index (χ1n) is 21.2. The molecule has 1 heterocycles. The second kappa shape index (κ2) is 33.9. The third kappa shape index (κ3) is 24.7. The summed E-state index contributed by atoms with van der Waals surface area (Å²) in [4.78, 5) is 12.9. The first-order chi connectivity index (χ1) is 25.3. The van der Waals surface area contributed by atoms with Crippen LogP contribution in [0.15, 0.2) is 36.5 Å². The van der Waals surface area contributed by atoms with Crippen molar-refractivity contribution in [1.82, 2.24) is 5.32 Å². The van der Waals surface area contributed by atoms with Crippen molar-refractivity contribution >= 4 is 5.91 Å². The van der Waals surface area contributed by atoms with Crippen LogP contribution in [0.5, 0.6) is 0 Å². The molecule has 7 atom stereocenters. The van der Waals surface area contributed by atoms with Crippen molar-refractivity contribution in [3.63, 3.8) is 0 Å². The van der Waals surface area contributed by atoms with E-state index >= 15 is 0 Å². The molecule has 304 valence electrons. The van der Waals surface area contributed by atoms with Gasteiger partial charge in [-0.15, -0.1) is 0 Å². The Hall–Kier alpha value is -1.59. The zero-order valence-corrected chi connectivity index (χ0v) is 33.1. The number of carbonyl (C=O) groups is 1. The van der Waals surface area contributed by atoms with Gasteiger partial charge in [-0.1, -0.05) is 134 Å². The maximum Gasteiger partial charge on any atom is 0.220 e. The summed E-state index contributed by atoms with van der Waals surface area (Å²) in [6.45, 7) is 3.76. The second-order valence-corrected chi connectivity index (χ2v) is 14.8. The standard InChI is InChI=1S/C43H79NO8/c1-3-5-7-9-11-13-15-17-19-21-23-25-27-29-31-33-39(47)44-36(35-51-43-42(50)41(49)40(48)38(34-45)52-43)37(46)32-30-28-26-24-22-20-18-16-14-12-10-8-6-4-2/h11,13,17,19,22,24,36-38,40-43,45-46,48-50H,3-10,12,14-16,18,20-21,23,25-35H2,1-2H3,(H,44,47)/b13-11+,19-17+,24-22+/t36-,37+,38-,40-,41?,42?,43-/m0/s1. The number of amides is 1. The van der Waals surface area contributed by atoms with Crippen LogP contribution in [0.1, 0.15) is 174 Å². The molecule has 2 unspecified atom stereocenters. The van der Waals surface area contributed by atoms with Crippen molar-refractivity contribution in [2.75, 3.05) is 13.2 Å². The molecule has 6 N–H and O–H groups in total. The molecule has 1 saturated heterocycles. The van der Waals surface area contributed by atoms with E-state index < -0.39 is 49.5 Å².